The first-order chi connectivity index (χ1) is 9.74. The highest BCUT2D eigenvalue weighted by Gasteiger charge is 2.20. The standard InChI is InChI=1S/C16H16BrNOS/c17-14-9-12(18)5-6-16(14)20-10-15-13-4-2-1-3-11(13)7-8-19-15/h1-6,9,15H,7-8,10,18H2. The van der Waals surface area contributed by atoms with E-state index in [1.807, 2.05) is 12.1 Å². The molecule has 1 aliphatic heterocycles. The average Bonchev–Trinajstić information content (AvgIpc) is 2.46. The zero-order valence-electron chi connectivity index (χ0n) is 11.0. The van der Waals surface area contributed by atoms with E-state index >= 15 is 0 Å². The number of hydrogen-bond donors (Lipinski definition) is 1. The van der Waals surface area contributed by atoms with E-state index in [4.69, 9.17) is 10.5 Å². The first-order valence-corrected chi connectivity index (χ1v) is 8.39. The molecule has 2 N–H and O–H groups in total. The van der Waals surface area contributed by atoms with E-state index in [0.717, 1.165) is 28.9 Å². The van der Waals surface area contributed by atoms with Crippen molar-refractivity contribution in [1.29, 1.82) is 0 Å². The van der Waals surface area contributed by atoms with E-state index in [1.54, 1.807) is 11.8 Å². The van der Waals surface area contributed by atoms with Crippen molar-refractivity contribution in [1.82, 2.24) is 0 Å². The summed E-state index contributed by atoms with van der Waals surface area (Å²) in [6, 6.07) is 14.5. The summed E-state index contributed by atoms with van der Waals surface area (Å²) in [5.41, 5.74) is 9.29. The van der Waals surface area contributed by atoms with Crippen molar-refractivity contribution < 1.29 is 4.74 Å². The maximum absolute atomic E-state index is 5.93. The first kappa shape index (κ1) is 14.0. The van der Waals surface area contributed by atoms with Gasteiger partial charge in [0.25, 0.3) is 0 Å². The summed E-state index contributed by atoms with van der Waals surface area (Å²) in [6.07, 6.45) is 1.19. The molecular formula is C16H16BrNOS. The molecular weight excluding hydrogens is 334 g/mol. The van der Waals surface area contributed by atoms with Crippen molar-refractivity contribution in [3.05, 3.63) is 58.1 Å². The van der Waals surface area contributed by atoms with E-state index in [9.17, 15) is 0 Å². The molecule has 3 rings (SSSR count). The Morgan fingerprint density at radius 1 is 1.25 bits per heavy atom. The summed E-state index contributed by atoms with van der Waals surface area (Å²) >= 11 is 5.36. The van der Waals surface area contributed by atoms with Gasteiger partial charge >= 0.3 is 0 Å². The monoisotopic (exact) mass is 349 g/mol. The zero-order chi connectivity index (χ0) is 13.9. The molecule has 1 unspecified atom stereocenters. The van der Waals surface area contributed by atoms with Gasteiger partial charge in [0.05, 0.1) is 12.7 Å². The second kappa shape index (κ2) is 6.20. The van der Waals surface area contributed by atoms with Gasteiger partial charge < -0.3 is 10.5 Å². The lowest BCUT2D eigenvalue weighted by Crippen LogP contribution is -2.17. The van der Waals surface area contributed by atoms with Crippen molar-refractivity contribution >= 4 is 33.4 Å². The minimum atomic E-state index is 0.175. The molecule has 0 radical (unpaired) electrons. The van der Waals surface area contributed by atoms with Gasteiger partial charge in [-0.2, -0.15) is 0 Å². The number of thioether (sulfide) groups is 1. The summed E-state index contributed by atoms with van der Waals surface area (Å²) < 4.78 is 6.98. The second-order valence-corrected chi connectivity index (χ2v) is 6.73. The number of rotatable bonds is 3. The van der Waals surface area contributed by atoms with Crippen LogP contribution >= 0.6 is 27.7 Å². The Balaban J connectivity index is 1.73. The van der Waals surface area contributed by atoms with Gasteiger partial charge in [-0.3, -0.25) is 0 Å². The molecule has 4 heteroatoms. The fourth-order valence-electron chi connectivity index (χ4n) is 2.41. The maximum Gasteiger partial charge on any atom is 0.0921 e. The van der Waals surface area contributed by atoms with Gasteiger partial charge in [-0.05, 0) is 51.7 Å². The van der Waals surface area contributed by atoms with Crippen molar-refractivity contribution in [3.8, 4) is 0 Å². The smallest absolute Gasteiger partial charge is 0.0921 e. The lowest BCUT2D eigenvalue weighted by Gasteiger charge is -2.25. The quantitative estimate of drug-likeness (QED) is 0.657. The molecule has 2 aromatic carbocycles. The molecule has 0 amide bonds. The molecule has 0 spiro atoms. The minimum absolute atomic E-state index is 0.175. The number of halogens is 1. The SMILES string of the molecule is Nc1ccc(SCC2OCCc3ccccc32)c(Br)c1. The lowest BCUT2D eigenvalue weighted by molar-refractivity contribution is 0.0588. The zero-order valence-corrected chi connectivity index (χ0v) is 13.4. The summed E-state index contributed by atoms with van der Waals surface area (Å²) in [5.74, 6) is 0.916. The third-order valence-corrected chi connectivity index (χ3v) is 5.49. The van der Waals surface area contributed by atoms with Gasteiger partial charge in [-0.15, -0.1) is 11.8 Å². The van der Waals surface area contributed by atoms with Crippen LogP contribution in [0.15, 0.2) is 51.8 Å². The highest BCUT2D eigenvalue weighted by atomic mass is 79.9. The second-order valence-electron chi connectivity index (χ2n) is 4.81. The van der Waals surface area contributed by atoms with Crippen LogP contribution in [0.4, 0.5) is 5.69 Å². The molecule has 0 bridgehead atoms. The van der Waals surface area contributed by atoms with Crippen molar-refractivity contribution in [2.24, 2.45) is 0 Å². The number of benzene rings is 2. The van der Waals surface area contributed by atoms with Crippen molar-refractivity contribution in [2.45, 2.75) is 17.4 Å². The Morgan fingerprint density at radius 3 is 2.95 bits per heavy atom. The normalized spacial score (nSPS) is 17.8. The van der Waals surface area contributed by atoms with Gasteiger partial charge in [-0.1, -0.05) is 24.3 Å². The number of anilines is 1. The van der Waals surface area contributed by atoms with E-state index in [1.165, 1.54) is 16.0 Å². The van der Waals surface area contributed by atoms with Crippen LogP contribution in [0, 0.1) is 0 Å². The third-order valence-electron chi connectivity index (χ3n) is 3.44. The van der Waals surface area contributed by atoms with Crippen LogP contribution in [-0.4, -0.2) is 12.4 Å². The average molecular weight is 350 g/mol. The largest absolute Gasteiger partial charge is 0.399 e. The number of ether oxygens (including phenoxy) is 1. The van der Waals surface area contributed by atoms with E-state index in [2.05, 4.69) is 46.3 Å². The molecule has 0 aliphatic carbocycles. The van der Waals surface area contributed by atoms with E-state index in [0.29, 0.717) is 0 Å². The highest BCUT2D eigenvalue weighted by molar-refractivity contribution is 9.10. The Bertz CT molecular complexity index is 617. The third kappa shape index (κ3) is 3.03. The minimum Gasteiger partial charge on any atom is -0.399 e. The summed E-state index contributed by atoms with van der Waals surface area (Å²) in [4.78, 5) is 1.20. The molecule has 1 heterocycles. The van der Waals surface area contributed by atoms with Crippen LogP contribution in [-0.2, 0) is 11.2 Å². The van der Waals surface area contributed by atoms with Crippen molar-refractivity contribution in [3.63, 3.8) is 0 Å². The van der Waals surface area contributed by atoms with Crippen LogP contribution in [0.5, 0.6) is 0 Å². The number of fused-ring (bicyclic) bond motifs is 1. The summed E-state index contributed by atoms with van der Waals surface area (Å²) in [5, 5.41) is 0. The van der Waals surface area contributed by atoms with Crippen LogP contribution in [0.1, 0.15) is 17.2 Å². The molecule has 20 heavy (non-hydrogen) atoms. The lowest BCUT2D eigenvalue weighted by atomic mass is 9.99. The Hall–Kier alpha value is -0.970. The number of hydrogen-bond acceptors (Lipinski definition) is 3. The number of nitrogen functional groups attached to an aromatic ring is 1. The van der Waals surface area contributed by atoms with Gasteiger partial charge in [0.15, 0.2) is 0 Å². The van der Waals surface area contributed by atoms with Crippen LogP contribution in [0.25, 0.3) is 0 Å². The molecule has 0 saturated carbocycles. The van der Waals surface area contributed by atoms with Crippen LogP contribution < -0.4 is 5.73 Å². The first-order valence-electron chi connectivity index (χ1n) is 6.61. The Labute approximate surface area is 131 Å². The molecule has 104 valence electrons. The maximum atomic E-state index is 5.93. The van der Waals surface area contributed by atoms with E-state index in [-0.39, 0.29) is 6.10 Å². The van der Waals surface area contributed by atoms with Gasteiger partial charge in [0, 0.05) is 20.8 Å². The molecule has 0 saturated heterocycles. The molecule has 2 aromatic rings. The predicted molar refractivity (Wildman–Crippen MR) is 88.1 cm³/mol. The van der Waals surface area contributed by atoms with Gasteiger partial charge in [-0.25, -0.2) is 0 Å². The molecule has 0 fully saturated rings. The van der Waals surface area contributed by atoms with Crippen molar-refractivity contribution in [2.75, 3.05) is 18.1 Å². The predicted octanol–water partition coefficient (Wildman–Crippen LogP) is 4.44. The van der Waals surface area contributed by atoms with Crippen LogP contribution in [0.2, 0.25) is 0 Å². The fourth-order valence-corrected chi connectivity index (χ4v) is 4.12. The van der Waals surface area contributed by atoms with Gasteiger partial charge in [0.2, 0.25) is 0 Å². The van der Waals surface area contributed by atoms with Crippen LogP contribution in [0.3, 0.4) is 0 Å². The summed E-state index contributed by atoms with van der Waals surface area (Å²) in [6.45, 7) is 0.811. The molecule has 1 atom stereocenters. The molecule has 2 nitrogen and oxygen atoms in total. The molecule has 0 aromatic heterocycles. The Morgan fingerprint density at radius 2 is 2.10 bits per heavy atom. The number of nitrogens with two attached hydrogens (primary N) is 1. The highest BCUT2D eigenvalue weighted by Crippen LogP contribution is 2.35. The topological polar surface area (TPSA) is 35.2 Å². The van der Waals surface area contributed by atoms with E-state index < -0.39 is 0 Å². The molecule has 1 aliphatic rings. The fraction of sp³-hybridized carbons (Fsp3) is 0.250. The van der Waals surface area contributed by atoms with Gasteiger partial charge in [0.1, 0.15) is 0 Å². The Kier molecular flexibility index (Phi) is 4.34. The summed E-state index contributed by atoms with van der Waals surface area (Å²) in [7, 11) is 0.